The predicted octanol–water partition coefficient (Wildman–Crippen LogP) is 4.89. The van der Waals surface area contributed by atoms with Crippen molar-refractivity contribution < 1.29 is 0 Å². The van der Waals surface area contributed by atoms with Crippen molar-refractivity contribution in [3.63, 3.8) is 0 Å². The van der Waals surface area contributed by atoms with Crippen molar-refractivity contribution >= 4 is 37.7 Å². The molecule has 3 aromatic rings. The number of para-hydroxylation sites is 1. The fourth-order valence-electron chi connectivity index (χ4n) is 2.63. The Bertz CT molecular complexity index is 710. The van der Waals surface area contributed by atoms with Gasteiger partial charge in [0, 0.05) is 27.3 Å². The quantitative estimate of drug-likeness (QED) is 0.601. The number of aromatic nitrogens is 1. The maximum Gasteiger partial charge on any atom is 0.0532 e. The molecular formula is C15H14BrN. The van der Waals surface area contributed by atoms with Crippen molar-refractivity contribution in [2.75, 3.05) is 0 Å². The van der Waals surface area contributed by atoms with Crippen molar-refractivity contribution in [2.45, 2.75) is 20.4 Å². The molecule has 3 rings (SSSR count). The first kappa shape index (κ1) is 10.8. The van der Waals surface area contributed by atoms with Gasteiger partial charge in [-0.15, -0.1) is 0 Å². The van der Waals surface area contributed by atoms with E-state index in [1.54, 1.807) is 0 Å². The van der Waals surface area contributed by atoms with Crippen molar-refractivity contribution in [1.29, 1.82) is 0 Å². The molecule has 0 fully saturated rings. The van der Waals surface area contributed by atoms with Crippen LogP contribution in [0.25, 0.3) is 21.8 Å². The Morgan fingerprint density at radius 1 is 1.06 bits per heavy atom. The topological polar surface area (TPSA) is 4.93 Å². The summed E-state index contributed by atoms with van der Waals surface area (Å²) in [6.45, 7) is 5.38. The third kappa shape index (κ3) is 1.44. The lowest BCUT2D eigenvalue weighted by Crippen LogP contribution is -1.94. The summed E-state index contributed by atoms with van der Waals surface area (Å²) in [5, 5.41) is 2.70. The second-order valence-corrected chi connectivity index (χ2v) is 5.18. The normalized spacial score (nSPS) is 11.5. The van der Waals surface area contributed by atoms with Crippen LogP contribution >= 0.6 is 15.9 Å². The lowest BCUT2D eigenvalue weighted by atomic mass is 10.1. The highest BCUT2D eigenvalue weighted by Crippen LogP contribution is 2.33. The summed E-state index contributed by atoms with van der Waals surface area (Å²) < 4.78 is 3.58. The Labute approximate surface area is 109 Å². The van der Waals surface area contributed by atoms with E-state index < -0.39 is 0 Å². The smallest absolute Gasteiger partial charge is 0.0532 e. The Morgan fingerprint density at radius 2 is 1.82 bits per heavy atom. The summed E-state index contributed by atoms with van der Waals surface area (Å²) in [5.41, 5.74) is 4.00. The number of fused-ring (bicyclic) bond motifs is 3. The molecule has 86 valence electrons. The van der Waals surface area contributed by atoms with Crippen LogP contribution in [0.5, 0.6) is 0 Å². The van der Waals surface area contributed by atoms with E-state index in [-0.39, 0.29) is 0 Å². The fraction of sp³-hybridized carbons (Fsp3) is 0.200. The maximum absolute atomic E-state index is 3.62. The van der Waals surface area contributed by atoms with Gasteiger partial charge in [0.1, 0.15) is 0 Å². The lowest BCUT2D eigenvalue weighted by molar-refractivity contribution is 0.824. The molecule has 17 heavy (non-hydrogen) atoms. The Morgan fingerprint density at radius 3 is 2.59 bits per heavy atom. The molecule has 0 saturated heterocycles. The molecule has 0 N–H and O–H groups in total. The van der Waals surface area contributed by atoms with Gasteiger partial charge in [-0.05, 0) is 31.5 Å². The van der Waals surface area contributed by atoms with Gasteiger partial charge in [0.15, 0.2) is 0 Å². The van der Waals surface area contributed by atoms with Gasteiger partial charge in [-0.3, -0.25) is 0 Å². The van der Waals surface area contributed by atoms with E-state index in [0.29, 0.717) is 0 Å². The molecule has 0 saturated carbocycles. The molecule has 0 radical (unpaired) electrons. The highest BCUT2D eigenvalue weighted by molar-refractivity contribution is 9.10. The van der Waals surface area contributed by atoms with Gasteiger partial charge in [0.25, 0.3) is 0 Å². The van der Waals surface area contributed by atoms with Gasteiger partial charge in [-0.1, -0.05) is 40.2 Å². The number of halogens is 1. The Hall–Kier alpha value is -1.28. The molecule has 0 atom stereocenters. The summed E-state index contributed by atoms with van der Waals surface area (Å²) >= 11 is 3.62. The Balaban J connectivity index is 2.63. The molecule has 0 bridgehead atoms. The molecule has 0 amide bonds. The van der Waals surface area contributed by atoms with Crippen molar-refractivity contribution in [1.82, 2.24) is 4.57 Å². The lowest BCUT2D eigenvalue weighted by Gasteiger charge is -2.06. The largest absolute Gasteiger partial charge is 0.341 e. The first-order chi connectivity index (χ1) is 8.24. The predicted molar refractivity (Wildman–Crippen MR) is 77.6 cm³/mol. The third-order valence-corrected chi connectivity index (χ3v) is 4.30. The van der Waals surface area contributed by atoms with Gasteiger partial charge < -0.3 is 4.57 Å². The van der Waals surface area contributed by atoms with Crippen LogP contribution in [0.1, 0.15) is 12.5 Å². The molecule has 1 heterocycles. The van der Waals surface area contributed by atoms with Gasteiger partial charge in [-0.2, -0.15) is 0 Å². The number of rotatable bonds is 1. The van der Waals surface area contributed by atoms with Gasteiger partial charge >= 0.3 is 0 Å². The zero-order valence-electron chi connectivity index (χ0n) is 10.00. The van der Waals surface area contributed by atoms with E-state index in [1.165, 1.54) is 31.8 Å². The minimum Gasteiger partial charge on any atom is -0.341 e. The van der Waals surface area contributed by atoms with Crippen LogP contribution in [-0.2, 0) is 6.54 Å². The van der Waals surface area contributed by atoms with Crippen molar-refractivity contribution in [2.24, 2.45) is 0 Å². The molecule has 2 heteroatoms. The van der Waals surface area contributed by atoms with E-state index in [9.17, 15) is 0 Å². The molecule has 0 spiro atoms. The summed E-state index contributed by atoms with van der Waals surface area (Å²) in [5.74, 6) is 0. The molecule has 1 nitrogen and oxygen atoms in total. The summed E-state index contributed by atoms with van der Waals surface area (Å²) in [7, 11) is 0. The third-order valence-electron chi connectivity index (χ3n) is 3.44. The van der Waals surface area contributed by atoms with E-state index in [4.69, 9.17) is 0 Å². The van der Waals surface area contributed by atoms with Gasteiger partial charge in [0.05, 0.1) is 5.52 Å². The van der Waals surface area contributed by atoms with E-state index >= 15 is 0 Å². The van der Waals surface area contributed by atoms with Crippen LogP contribution in [0.15, 0.2) is 40.9 Å². The molecule has 0 aliphatic rings. The number of benzene rings is 2. The highest BCUT2D eigenvalue weighted by atomic mass is 79.9. The van der Waals surface area contributed by atoms with Crippen LogP contribution in [0.4, 0.5) is 0 Å². The summed E-state index contributed by atoms with van der Waals surface area (Å²) in [6, 6.07) is 13.0. The van der Waals surface area contributed by atoms with Crippen LogP contribution in [-0.4, -0.2) is 4.57 Å². The monoisotopic (exact) mass is 287 g/mol. The zero-order valence-corrected chi connectivity index (χ0v) is 11.6. The first-order valence-corrected chi connectivity index (χ1v) is 6.69. The molecule has 1 aromatic heterocycles. The van der Waals surface area contributed by atoms with Gasteiger partial charge in [-0.25, -0.2) is 0 Å². The number of hydrogen-bond donors (Lipinski definition) is 0. The second-order valence-electron chi connectivity index (χ2n) is 4.33. The molecule has 2 aromatic carbocycles. The number of aryl methyl sites for hydroxylation is 2. The second kappa shape index (κ2) is 3.88. The molecule has 0 aliphatic heterocycles. The average molecular weight is 288 g/mol. The summed E-state index contributed by atoms with van der Waals surface area (Å²) in [4.78, 5) is 0. The SMILES string of the molecule is CCn1c2ccccc2c2ccc(Br)c(C)c21. The van der Waals surface area contributed by atoms with Crippen LogP contribution < -0.4 is 0 Å². The van der Waals surface area contributed by atoms with E-state index in [0.717, 1.165) is 6.54 Å². The van der Waals surface area contributed by atoms with Crippen LogP contribution in [0.3, 0.4) is 0 Å². The van der Waals surface area contributed by atoms with E-state index in [2.05, 4.69) is 70.7 Å². The van der Waals surface area contributed by atoms with Gasteiger partial charge in [0.2, 0.25) is 0 Å². The minimum absolute atomic E-state index is 1.00. The Kier molecular flexibility index (Phi) is 2.48. The molecular weight excluding hydrogens is 274 g/mol. The van der Waals surface area contributed by atoms with Crippen molar-refractivity contribution in [3.8, 4) is 0 Å². The van der Waals surface area contributed by atoms with Crippen molar-refractivity contribution in [3.05, 3.63) is 46.4 Å². The maximum atomic E-state index is 3.62. The minimum atomic E-state index is 1.00. The fourth-order valence-corrected chi connectivity index (χ4v) is 2.95. The zero-order chi connectivity index (χ0) is 12.0. The summed E-state index contributed by atoms with van der Waals surface area (Å²) in [6.07, 6.45) is 0. The standard InChI is InChI=1S/C15H14BrN/c1-3-17-14-7-5-4-6-11(14)12-8-9-13(16)10(2)15(12)17/h4-9H,3H2,1-2H3. The average Bonchev–Trinajstić information content (AvgIpc) is 2.68. The molecule has 0 aliphatic carbocycles. The highest BCUT2D eigenvalue weighted by Gasteiger charge is 2.12. The first-order valence-electron chi connectivity index (χ1n) is 5.90. The van der Waals surface area contributed by atoms with E-state index in [1.807, 2.05) is 0 Å². The molecule has 0 unspecified atom stereocenters. The van der Waals surface area contributed by atoms with Crippen LogP contribution in [0, 0.1) is 6.92 Å². The van der Waals surface area contributed by atoms with Crippen LogP contribution in [0.2, 0.25) is 0 Å². The number of nitrogens with zero attached hydrogens (tertiary/aromatic N) is 1. The number of hydrogen-bond acceptors (Lipinski definition) is 0.